The van der Waals surface area contributed by atoms with Crippen LogP contribution in [0.2, 0.25) is 0 Å². The maximum absolute atomic E-state index is 13.4. The number of carbonyl (C=O) groups excluding carboxylic acids is 1. The molecule has 2 N–H and O–H groups in total. The third-order valence-corrected chi connectivity index (χ3v) is 4.96. The molecule has 0 spiro atoms. The number of amides is 1. The molecule has 126 valence electrons. The van der Waals surface area contributed by atoms with E-state index < -0.39 is 15.8 Å². The third kappa shape index (κ3) is 3.55. The molecule has 1 amide bonds. The van der Waals surface area contributed by atoms with Gasteiger partial charge in [-0.25, -0.2) is 17.5 Å². The third-order valence-electron chi connectivity index (χ3n) is 3.50. The zero-order valence-corrected chi connectivity index (χ0v) is 13.4. The second-order valence-electron chi connectivity index (χ2n) is 5.22. The molecule has 8 heteroatoms. The number of anilines is 1. The lowest BCUT2D eigenvalue weighted by atomic mass is 10.2. The van der Waals surface area contributed by atoms with Crippen molar-refractivity contribution in [3.8, 4) is 5.75 Å². The molecule has 0 aliphatic carbocycles. The largest absolute Gasteiger partial charge is 0.489 e. The van der Waals surface area contributed by atoms with E-state index in [1.807, 2.05) is 0 Å². The van der Waals surface area contributed by atoms with Crippen molar-refractivity contribution in [2.75, 3.05) is 18.5 Å². The van der Waals surface area contributed by atoms with Crippen molar-refractivity contribution in [2.45, 2.75) is 11.3 Å². The van der Waals surface area contributed by atoms with Crippen LogP contribution in [0.1, 0.15) is 5.56 Å². The minimum Gasteiger partial charge on any atom is -0.489 e. The van der Waals surface area contributed by atoms with Crippen LogP contribution in [0.5, 0.6) is 5.75 Å². The molecule has 0 aromatic heterocycles. The molecule has 0 saturated heterocycles. The van der Waals surface area contributed by atoms with Crippen LogP contribution >= 0.6 is 0 Å². The second-order valence-corrected chi connectivity index (χ2v) is 6.99. The first kappa shape index (κ1) is 16.4. The molecule has 0 saturated carbocycles. The molecule has 0 radical (unpaired) electrons. The minimum atomic E-state index is -3.73. The smallest absolute Gasteiger partial charge is 0.240 e. The number of ether oxygens (including phenoxy) is 1. The van der Waals surface area contributed by atoms with Crippen molar-refractivity contribution in [3.05, 3.63) is 53.8 Å². The zero-order valence-electron chi connectivity index (χ0n) is 12.6. The van der Waals surface area contributed by atoms with Crippen LogP contribution in [-0.2, 0) is 21.2 Å². The van der Waals surface area contributed by atoms with Crippen LogP contribution < -0.4 is 14.8 Å². The van der Waals surface area contributed by atoms with Gasteiger partial charge in [-0.2, -0.15) is 0 Å². The van der Waals surface area contributed by atoms with Crippen molar-refractivity contribution in [2.24, 2.45) is 0 Å². The Kier molecular flexibility index (Phi) is 4.50. The van der Waals surface area contributed by atoms with Crippen LogP contribution in [0.3, 0.4) is 0 Å². The average Bonchev–Trinajstić information content (AvgIpc) is 2.92. The highest BCUT2D eigenvalue weighted by molar-refractivity contribution is 7.89. The molecule has 2 aromatic carbocycles. The average molecular weight is 350 g/mol. The van der Waals surface area contributed by atoms with Gasteiger partial charge in [0.2, 0.25) is 15.9 Å². The normalized spacial score (nSPS) is 13.5. The number of rotatable bonds is 6. The van der Waals surface area contributed by atoms with Crippen LogP contribution in [0.4, 0.5) is 10.1 Å². The number of halogens is 1. The highest BCUT2D eigenvalue weighted by atomic mass is 32.2. The number of fused-ring (bicyclic) bond motifs is 1. The minimum absolute atomic E-state index is 0.00878. The highest BCUT2D eigenvalue weighted by Crippen LogP contribution is 2.25. The van der Waals surface area contributed by atoms with Crippen molar-refractivity contribution in [1.29, 1.82) is 0 Å². The Labute approximate surface area is 138 Å². The molecule has 1 aliphatic heterocycles. The SMILES string of the molecule is O=C1Cc2cc(S(=O)(=O)NCCOc3ccccc3F)ccc2N1. The van der Waals surface area contributed by atoms with E-state index in [1.165, 1.54) is 24.3 Å². The number of nitrogens with one attached hydrogen (secondary N) is 2. The van der Waals surface area contributed by atoms with Gasteiger partial charge in [0.05, 0.1) is 11.3 Å². The maximum atomic E-state index is 13.4. The van der Waals surface area contributed by atoms with E-state index in [0.717, 1.165) is 0 Å². The maximum Gasteiger partial charge on any atom is 0.240 e. The Hall–Kier alpha value is -2.45. The molecule has 3 rings (SSSR count). The first-order valence-electron chi connectivity index (χ1n) is 7.25. The summed E-state index contributed by atoms with van der Waals surface area (Å²) in [7, 11) is -3.73. The Bertz CT molecular complexity index is 883. The topological polar surface area (TPSA) is 84.5 Å². The van der Waals surface area contributed by atoms with Crippen LogP contribution in [-0.4, -0.2) is 27.5 Å². The predicted molar refractivity (Wildman–Crippen MR) is 85.9 cm³/mol. The zero-order chi connectivity index (χ0) is 17.2. The number of para-hydroxylation sites is 1. The van der Waals surface area contributed by atoms with E-state index in [4.69, 9.17) is 4.74 Å². The fourth-order valence-electron chi connectivity index (χ4n) is 2.35. The van der Waals surface area contributed by atoms with Crippen molar-refractivity contribution < 1.29 is 22.3 Å². The lowest BCUT2D eigenvalue weighted by Crippen LogP contribution is -2.28. The van der Waals surface area contributed by atoms with Gasteiger partial charge in [-0.3, -0.25) is 4.79 Å². The molecular weight excluding hydrogens is 335 g/mol. The first-order valence-corrected chi connectivity index (χ1v) is 8.74. The number of benzene rings is 2. The van der Waals surface area contributed by atoms with Crippen LogP contribution in [0.15, 0.2) is 47.4 Å². The molecule has 0 bridgehead atoms. The Morgan fingerprint density at radius 3 is 2.79 bits per heavy atom. The fraction of sp³-hybridized carbons (Fsp3) is 0.188. The van der Waals surface area contributed by atoms with Crippen molar-refractivity contribution in [3.63, 3.8) is 0 Å². The quantitative estimate of drug-likeness (QED) is 0.777. The van der Waals surface area contributed by atoms with Crippen LogP contribution in [0.25, 0.3) is 0 Å². The highest BCUT2D eigenvalue weighted by Gasteiger charge is 2.21. The summed E-state index contributed by atoms with van der Waals surface area (Å²) in [6, 6.07) is 10.3. The Morgan fingerprint density at radius 2 is 2.00 bits per heavy atom. The standard InChI is InChI=1S/C16H15FN2O4S/c17-13-3-1-2-4-15(13)23-8-7-18-24(21,22)12-5-6-14-11(9-12)10-16(20)19-14/h1-6,9,18H,7-8,10H2,(H,19,20). The molecule has 2 aromatic rings. The summed E-state index contributed by atoms with van der Waals surface area (Å²) in [5.41, 5.74) is 1.27. The van der Waals surface area contributed by atoms with Gasteiger partial charge in [-0.15, -0.1) is 0 Å². The van der Waals surface area contributed by atoms with E-state index in [2.05, 4.69) is 10.0 Å². The van der Waals surface area contributed by atoms with Gasteiger partial charge >= 0.3 is 0 Å². The summed E-state index contributed by atoms with van der Waals surface area (Å²) < 4.78 is 45.5. The van der Waals surface area contributed by atoms with E-state index >= 15 is 0 Å². The second kappa shape index (κ2) is 6.58. The Balaban J connectivity index is 1.60. The van der Waals surface area contributed by atoms with Gasteiger partial charge in [0.25, 0.3) is 0 Å². The lowest BCUT2D eigenvalue weighted by molar-refractivity contribution is -0.115. The summed E-state index contributed by atoms with van der Waals surface area (Å²) in [6.45, 7) is -0.0178. The molecular formula is C16H15FN2O4S. The number of hydrogen-bond donors (Lipinski definition) is 2. The number of sulfonamides is 1. The molecule has 1 aliphatic rings. The van der Waals surface area contributed by atoms with Crippen LogP contribution in [0, 0.1) is 5.82 Å². The van der Waals surface area contributed by atoms with E-state index in [1.54, 1.807) is 18.2 Å². The van der Waals surface area contributed by atoms with Gasteiger partial charge in [0, 0.05) is 12.2 Å². The summed E-state index contributed by atoms with van der Waals surface area (Å²) in [5, 5.41) is 2.64. The molecule has 0 atom stereocenters. The fourth-order valence-corrected chi connectivity index (χ4v) is 3.42. The molecule has 0 fully saturated rings. The van der Waals surface area contributed by atoms with Gasteiger partial charge in [-0.05, 0) is 35.9 Å². The predicted octanol–water partition coefficient (Wildman–Crippen LogP) is 1.68. The number of carbonyl (C=O) groups is 1. The van der Waals surface area contributed by atoms with Gasteiger partial charge < -0.3 is 10.1 Å². The van der Waals surface area contributed by atoms with Gasteiger partial charge in [0.15, 0.2) is 11.6 Å². The van der Waals surface area contributed by atoms with Crippen molar-refractivity contribution in [1.82, 2.24) is 4.72 Å². The van der Waals surface area contributed by atoms with E-state index in [0.29, 0.717) is 11.3 Å². The monoisotopic (exact) mass is 350 g/mol. The van der Waals surface area contributed by atoms with Gasteiger partial charge in [0.1, 0.15) is 6.61 Å². The van der Waals surface area contributed by atoms with Crippen molar-refractivity contribution >= 4 is 21.6 Å². The summed E-state index contributed by atoms with van der Waals surface area (Å²) in [5.74, 6) is -0.597. The molecule has 0 unspecified atom stereocenters. The molecule has 1 heterocycles. The number of hydrogen-bond acceptors (Lipinski definition) is 4. The summed E-state index contributed by atoms with van der Waals surface area (Å²) >= 11 is 0. The molecule has 24 heavy (non-hydrogen) atoms. The summed E-state index contributed by atoms with van der Waals surface area (Å²) in [4.78, 5) is 11.4. The van der Waals surface area contributed by atoms with E-state index in [-0.39, 0.29) is 36.1 Å². The first-order chi connectivity index (χ1) is 11.5. The molecule has 6 nitrogen and oxygen atoms in total. The lowest BCUT2D eigenvalue weighted by Gasteiger charge is -2.10. The Morgan fingerprint density at radius 1 is 1.21 bits per heavy atom. The van der Waals surface area contributed by atoms with Gasteiger partial charge in [-0.1, -0.05) is 12.1 Å². The van der Waals surface area contributed by atoms with E-state index in [9.17, 15) is 17.6 Å². The summed E-state index contributed by atoms with van der Waals surface area (Å²) in [6.07, 6.45) is 0.162.